The van der Waals surface area contributed by atoms with Crippen LogP contribution in [-0.2, 0) is 17.4 Å². The molecule has 1 aliphatic heterocycles. The predicted octanol–water partition coefficient (Wildman–Crippen LogP) is 2.47. The molecule has 2 rings (SSSR count). The Balaban J connectivity index is 1.93. The molecule has 2 amide bonds. The fourth-order valence-corrected chi connectivity index (χ4v) is 3.04. The zero-order valence-electron chi connectivity index (χ0n) is 14.4. The van der Waals surface area contributed by atoms with Crippen LogP contribution < -0.4 is 0 Å². The van der Waals surface area contributed by atoms with Crippen molar-refractivity contribution in [2.75, 3.05) is 26.2 Å². The largest absolute Gasteiger partial charge is 0.433 e. The molecule has 1 aliphatic rings. The van der Waals surface area contributed by atoms with E-state index in [2.05, 4.69) is 5.10 Å². The monoisotopic (exact) mass is 360 g/mol. The average molecular weight is 360 g/mol. The van der Waals surface area contributed by atoms with Crippen molar-refractivity contribution < 1.29 is 22.8 Å². The van der Waals surface area contributed by atoms with Gasteiger partial charge in [-0.15, -0.1) is 0 Å². The Bertz CT molecular complexity index is 627. The summed E-state index contributed by atoms with van der Waals surface area (Å²) in [7, 11) is 0. The van der Waals surface area contributed by atoms with Crippen LogP contribution in [0.2, 0.25) is 0 Å². The van der Waals surface area contributed by atoms with Crippen molar-refractivity contribution in [3.63, 3.8) is 0 Å². The molecule has 0 saturated heterocycles. The number of hydrogen-bond donors (Lipinski definition) is 1. The van der Waals surface area contributed by atoms with Crippen LogP contribution in [0.25, 0.3) is 0 Å². The van der Waals surface area contributed by atoms with Gasteiger partial charge in [0.25, 0.3) is 5.91 Å². The third-order valence-corrected chi connectivity index (χ3v) is 4.32. The molecule has 9 heteroatoms. The van der Waals surface area contributed by atoms with Crippen molar-refractivity contribution >= 4 is 11.8 Å². The minimum absolute atomic E-state index is 0.0358. The molecule has 1 aromatic heterocycles. The topological polar surface area (TPSA) is 69.3 Å². The first kappa shape index (κ1) is 19.3. The van der Waals surface area contributed by atoms with Gasteiger partial charge in [-0.2, -0.15) is 18.3 Å². The molecule has 140 valence electrons. The molecular formula is C16H23F3N4O2. The third kappa shape index (κ3) is 4.32. The van der Waals surface area contributed by atoms with Crippen molar-refractivity contribution in [2.45, 2.75) is 45.7 Å². The third-order valence-electron chi connectivity index (χ3n) is 4.32. The van der Waals surface area contributed by atoms with Crippen LogP contribution in [-0.4, -0.2) is 58.0 Å². The van der Waals surface area contributed by atoms with E-state index in [9.17, 15) is 22.8 Å². The lowest BCUT2D eigenvalue weighted by atomic mass is 10.0. The quantitative estimate of drug-likeness (QED) is 0.812. The van der Waals surface area contributed by atoms with E-state index in [1.54, 1.807) is 4.90 Å². The summed E-state index contributed by atoms with van der Waals surface area (Å²) in [4.78, 5) is 27.6. The zero-order valence-corrected chi connectivity index (χ0v) is 14.4. The first-order chi connectivity index (χ1) is 11.8. The minimum atomic E-state index is -4.54. The second kappa shape index (κ2) is 7.88. The highest BCUT2D eigenvalue weighted by Crippen LogP contribution is 2.33. The molecule has 0 aromatic carbocycles. The van der Waals surface area contributed by atoms with Gasteiger partial charge in [0, 0.05) is 38.2 Å². The van der Waals surface area contributed by atoms with E-state index in [1.807, 2.05) is 18.9 Å². The number of nitrogens with zero attached hydrogens (tertiary/aromatic N) is 3. The molecule has 0 bridgehead atoms. The molecule has 0 spiro atoms. The van der Waals surface area contributed by atoms with Gasteiger partial charge in [-0.05, 0) is 26.2 Å². The number of aromatic amines is 1. The highest BCUT2D eigenvalue weighted by atomic mass is 19.4. The van der Waals surface area contributed by atoms with E-state index in [0.29, 0.717) is 32.5 Å². The van der Waals surface area contributed by atoms with E-state index >= 15 is 0 Å². The Hall–Kier alpha value is -2.06. The Morgan fingerprint density at radius 1 is 1.36 bits per heavy atom. The number of aromatic nitrogens is 2. The van der Waals surface area contributed by atoms with Crippen LogP contribution in [0.3, 0.4) is 0 Å². The van der Waals surface area contributed by atoms with Crippen LogP contribution in [0, 0.1) is 0 Å². The summed E-state index contributed by atoms with van der Waals surface area (Å²) in [5, 5.41) is 5.49. The Labute approximate surface area is 144 Å². The van der Waals surface area contributed by atoms with Crippen molar-refractivity contribution in [3.8, 4) is 0 Å². The molecular weight excluding hydrogens is 337 g/mol. The van der Waals surface area contributed by atoms with Gasteiger partial charge in [-0.1, -0.05) is 6.92 Å². The van der Waals surface area contributed by atoms with E-state index in [-0.39, 0.29) is 30.1 Å². The molecule has 0 unspecified atom stereocenters. The summed E-state index contributed by atoms with van der Waals surface area (Å²) in [5.74, 6) is -0.477. The Kier molecular flexibility index (Phi) is 6.07. The molecule has 1 aromatic rings. The zero-order chi connectivity index (χ0) is 18.6. The highest BCUT2D eigenvalue weighted by molar-refractivity contribution is 5.95. The Morgan fingerprint density at radius 2 is 2.08 bits per heavy atom. The maximum Gasteiger partial charge on any atom is 0.433 e. The molecule has 6 nitrogen and oxygen atoms in total. The van der Waals surface area contributed by atoms with Gasteiger partial charge in [-0.25, -0.2) is 0 Å². The van der Waals surface area contributed by atoms with Gasteiger partial charge < -0.3 is 9.80 Å². The fourth-order valence-electron chi connectivity index (χ4n) is 3.04. The normalized spacial score (nSPS) is 14.6. The summed E-state index contributed by atoms with van der Waals surface area (Å²) in [6.45, 7) is 5.80. The average Bonchev–Trinajstić information content (AvgIpc) is 2.99. The van der Waals surface area contributed by atoms with E-state index in [0.717, 1.165) is 6.42 Å². The molecule has 0 saturated carbocycles. The van der Waals surface area contributed by atoms with Gasteiger partial charge in [0.2, 0.25) is 5.91 Å². The summed E-state index contributed by atoms with van der Waals surface area (Å²) >= 11 is 0. The van der Waals surface area contributed by atoms with Crippen molar-refractivity contribution in [3.05, 3.63) is 17.0 Å². The van der Waals surface area contributed by atoms with Crippen LogP contribution >= 0.6 is 0 Å². The number of hydrogen-bond acceptors (Lipinski definition) is 3. The van der Waals surface area contributed by atoms with Gasteiger partial charge in [0.05, 0.1) is 0 Å². The van der Waals surface area contributed by atoms with Gasteiger partial charge in [0.1, 0.15) is 5.69 Å². The lowest BCUT2D eigenvalue weighted by Crippen LogP contribution is -2.39. The molecule has 2 heterocycles. The number of amides is 2. The number of rotatable bonds is 7. The number of nitrogens with one attached hydrogen (secondary N) is 1. The fraction of sp³-hybridized carbons (Fsp3) is 0.688. The van der Waals surface area contributed by atoms with Crippen molar-refractivity contribution in [1.29, 1.82) is 0 Å². The maximum absolute atomic E-state index is 12.9. The first-order valence-corrected chi connectivity index (χ1v) is 8.51. The predicted molar refractivity (Wildman–Crippen MR) is 85.0 cm³/mol. The molecule has 0 aliphatic carbocycles. The summed E-state index contributed by atoms with van der Waals surface area (Å²) in [6, 6.07) is 0. The Morgan fingerprint density at radius 3 is 2.68 bits per heavy atom. The highest BCUT2D eigenvalue weighted by Gasteiger charge is 2.40. The number of fused-ring (bicyclic) bond motifs is 1. The molecule has 0 fully saturated rings. The lowest BCUT2D eigenvalue weighted by Gasteiger charge is -2.27. The molecule has 25 heavy (non-hydrogen) atoms. The standard InChI is InChI=1S/C16H23F3N4O2/c1-3-8-22(4-2)12(24)6-5-9-23-10-7-11-13(15(23)25)20-21-14(11)16(17,18)19/h3-10H2,1-2H3,(H,20,21). The second-order valence-corrected chi connectivity index (χ2v) is 6.04. The van der Waals surface area contributed by atoms with Gasteiger partial charge >= 0.3 is 6.18 Å². The maximum atomic E-state index is 12.9. The van der Waals surface area contributed by atoms with Gasteiger partial charge in [-0.3, -0.25) is 14.7 Å². The van der Waals surface area contributed by atoms with Crippen LogP contribution in [0.15, 0.2) is 0 Å². The SMILES string of the molecule is CCCN(CC)C(=O)CCCN1CCc2c(n[nH]c2C(F)(F)F)C1=O. The van der Waals surface area contributed by atoms with Gasteiger partial charge in [0.15, 0.2) is 5.69 Å². The number of alkyl halides is 3. The summed E-state index contributed by atoms with van der Waals surface area (Å²) < 4.78 is 38.6. The van der Waals surface area contributed by atoms with E-state index in [1.165, 1.54) is 4.90 Å². The van der Waals surface area contributed by atoms with E-state index in [4.69, 9.17) is 0 Å². The number of halogens is 3. The summed E-state index contributed by atoms with van der Waals surface area (Å²) in [5.41, 5.74) is -1.17. The number of H-pyrrole nitrogens is 1. The van der Waals surface area contributed by atoms with Crippen LogP contribution in [0.5, 0.6) is 0 Å². The second-order valence-electron chi connectivity index (χ2n) is 6.04. The summed E-state index contributed by atoms with van der Waals surface area (Å²) in [6.07, 6.45) is -2.75. The van der Waals surface area contributed by atoms with Crippen LogP contribution in [0.4, 0.5) is 13.2 Å². The first-order valence-electron chi connectivity index (χ1n) is 8.51. The van der Waals surface area contributed by atoms with E-state index < -0.39 is 17.8 Å². The van der Waals surface area contributed by atoms with Crippen molar-refractivity contribution in [1.82, 2.24) is 20.0 Å². The smallest absolute Gasteiger partial charge is 0.343 e. The number of carbonyl (C=O) groups is 2. The molecule has 1 N–H and O–H groups in total. The molecule has 0 radical (unpaired) electrons. The molecule has 0 atom stereocenters. The minimum Gasteiger partial charge on any atom is -0.343 e. The number of carbonyl (C=O) groups excluding carboxylic acids is 2. The lowest BCUT2D eigenvalue weighted by molar-refractivity contribution is -0.141. The van der Waals surface area contributed by atoms with Crippen LogP contribution in [0.1, 0.15) is 54.9 Å². The van der Waals surface area contributed by atoms with Crippen molar-refractivity contribution in [2.24, 2.45) is 0 Å².